The smallest absolute Gasteiger partial charge is 0.220 e. The molecule has 0 unspecified atom stereocenters. The van der Waals surface area contributed by atoms with E-state index in [0.29, 0.717) is 18.9 Å². The fraction of sp³-hybridized carbons (Fsp3) is 0.375. The van der Waals surface area contributed by atoms with Crippen molar-refractivity contribution in [3.8, 4) is 0 Å². The zero-order chi connectivity index (χ0) is 14.5. The summed E-state index contributed by atoms with van der Waals surface area (Å²) < 4.78 is 5.42. The minimum absolute atomic E-state index is 0.0294. The van der Waals surface area contributed by atoms with Gasteiger partial charge in [-0.15, -0.1) is 0 Å². The highest BCUT2D eigenvalue weighted by Gasteiger charge is 2.09. The van der Waals surface area contributed by atoms with Gasteiger partial charge in [0.25, 0.3) is 0 Å². The van der Waals surface area contributed by atoms with Crippen LogP contribution in [0.15, 0.2) is 28.7 Å². The van der Waals surface area contributed by atoms with Crippen molar-refractivity contribution < 1.29 is 9.21 Å². The summed E-state index contributed by atoms with van der Waals surface area (Å²) in [5.41, 5.74) is 3.28. The normalized spacial score (nSPS) is 10.6. The number of nitrogens with zero attached hydrogens (tertiary/aromatic N) is 1. The molecule has 1 amide bonds. The summed E-state index contributed by atoms with van der Waals surface area (Å²) in [7, 11) is 0. The Bertz CT molecular complexity index is 602. The maximum absolute atomic E-state index is 11.8. The number of aryl methyl sites for hydroxylation is 4. The predicted molar refractivity (Wildman–Crippen MR) is 77.3 cm³/mol. The quantitative estimate of drug-likeness (QED) is 0.910. The topological polar surface area (TPSA) is 55.1 Å². The van der Waals surface area contributed by atoms with E-state index in [1.165, 1.54) is 11.1 Å². The Morgan fingerprint density at radius 2 is 2.00 bits per heavy atom. The summed E-state index contributed by atoms with van der Waals surface area (Å²) in [6.45, 7) is 6.15. The number of carbonyl (C=O) groups excluding carboxylic acids is 1. The lowest BCUT2D eigenvalue weighted by Gasteiger charge is -2.06. The van der Waals surface area contributed by atoms with Crippen LogP contribution in [0.4, 0.5) is 0 Å². The zero-order valence-corrected chi connectivity index (χ0v) is 12.2. The number of oxazole rings is 1. The minimum atomic E-state index is 0.0294. The zero-order valence-electron chi connectivity index (χ0n) is 12.2. The number of aromatic nitrogens is 1. The summed E-state index contributed by atoms with van der Waals surface area (Å²) in [6.07, 6.45) is 1.24. The van der Waals surface area contributed by atoms with Crippen LogP contribution in [0.3, 0.4) is 0 Å². The van der Waals surface area contributed by atoms with Gasteiger partial charge in [0.2, 0.25) is 5.91 Å². The Morgan fingerprint density at radius 1 is 1.25 bits per heavy atom. The fourth-order valence-electron chi connectivity index (χ4n) is 2.14. The van der Waals surface area contributed by atoms with E-state index in [1.807, 2.05) is 19.1 Å². The van der Waals surface area contributed by atoms with E-state index in [0.717, 1.165) is 17.9 Å². The number of rotatable bonds is 5. The molecule has 1 heterocycles. The molecule has 20 heavy (non-hydrogen) atoms. The molecule has 2 aromatic rings. The number of nitrogens with one attached hydrogen (secondary N) is 1. The lowest BCUT2D eigenvalue weighted by molar-refractivity contribution is -0.121. The first-order valence-electron chi connectivity index (χ1n) is 6.80. The molecule has 4 nitrogen and oxygen atoms in total. The molecule has 2 rings (SSSR count). The molecule has 0 aliphatic heterocycles. The lowest BCUT2D eigenvalue weighted by Crippen LogP contribution is -2.23. The van der Waals surface area contributed by atoms with E-state index >= 15 is 0 Å². The van der Waals surface area contributed by atoms with Gasteiger partial charge in [-0.2, -0.15) is 0 Å². The van der Waals surface area contributed by atoms with E-state index in [9.17, 15) is 4.79 Å². The van der Waals surface area contributed by atoms with Crippen LogP contribution < -0.4 is 5.32 Å². The van der Waals surface area contributed by atoms with E-state index in [2.05, 4.69) is 29.4 Å². The number of hydrogen-bond donors (Lipinski definition) is 1. The second-order valence-electron chi connectivity index (χ2n) is 4.94. The molecule has 0 saturated heterocycles. The number of carbonyl (C=O) groups is 1. The van der Waals surface area contributed by atoms with Gasteiger partial charge in [-0.3, -0.25) is 4.79 Å². The van der Waals surface area contributed by atoms with Crippen LogP contribution in [-0.4, -0.2) is 10.9 Å². The minimum Gasteiger partial charge on any atom is -0.444 e. The van der Waals surface area contributed by atoms with E-state index < -0.39 is 0 Å². The summed E-state index contributed by atoms with van der Waals surface area (Å²) in [6, 6.07) is 8.13. The van der Waals surface area contributed by atoms with E-state index in [-0.39, 0.29) is 5.91 Å². The van der Waals surface area contributed by atoms with Crippen LogP contribution in [0.25, 0.3) is 0 Å². The van der Waals surface area contributed by atoms with Crippen molar-refractivity contribution >= 4 is 5.91 Å². The molecule has 106 valence electrons. The molecule has 0 spiro atoms. The molecule has 0 atom stereocenters. The van der Waals surface area contributed by atoms with Crippen molar-refractivity contribution in [1.29, 1.82) is 0 Å². The van der Waals surface area contributed by atoms with Crippen molar-refractivity contribution in [2.45, 2.75) is 40.2 Å². The molecule has 0 aliphatic rings. The molecule has 0 fully saturated rings. The van der Waals surface area contributed by atoms with Crippen LogP contribution in [0.5, 0.6) is 0 Å². The second-order valence-corrected chi connectivity index (χ2v) is 4.94. The van der Waals surface area contributed by atoms with Crippen LogP contribution in [0, 0.1) is 20.8 Å². The third-order valence-electron chi connectivity index (χ3n) is 3.33. The number of benzene rings is 1. The Morgan fingerprint density at radius 3 is 2.65 bits per heavy atom. The molecule has 0 saturated carbocycles. The monoisotopic (exact) mass is 272 g/mol. The average Bonchev–Trinajstić information content (AvgIpc) is 2.74. The van der Waals surface area contributed by atoms with Gasteiger partial charge in [-0.1, -0.05) is 24.3 Å². The number of amides is 1. The van der Waals surface area contributed by atoms with Gasteiger partial charge in [0, 0.05) is 13.3 Å². The molecule has 0 bridgehead atoms. The summed E-state index contributed by atoms with van der Waals surface area (Å²) in [5.74, 6) is 1.39. The van der Waals surface area contributed by atoms with Gasteiger partial charge in [0.15, 0.2) is 5.89 Å². The Hall–Kier alpha value is -2.10. The van der Waals surface area contributed by atoms with Crippen molar-refractivity contribution in [3.63, 3.8) is 0 Å². The van der Waals surface area contributed by atoms with Crippen LogP contribution in [0.2, 0.25) is 0 Å². The third kappa shape index (κ3) is 3.70. The number of hydrogen-bond acceptors (Lipinski definition) is 3. The van der Waals surface area contributed by atoms with Gasteiger partial charge in [-0.05, 0) is 31.4 Å². The largest absolute Gasteiger partial charge is 0.444 e. The van der Waals surface area contributed by atoms with Crippen LogP contribution >= 0.6 is 0 Å². The van der Waals surface area contributed by atoms with Crippen LogP contribution in [-0.2, 0) is 17.8 Å². The first-order valence-corrected chi connectivity index (χ1v) is 6.80. The van der Waals surface area contributed by atoms with Crippen molar-refractivity contribution in [2.75, 3.05) is 0 Å². The maximum atomic E-state index is 11.8. The van der Waals surface area contributed by atoms with Gasteiger partial charge >= 0.3 is 0 Å². The first kappa shape index (κ1) is 14.3. The third-order valence-corrected chi connectivity index (χ3v) is 3.33. The predicted octanol–water partition coefficient (Wildman–Crippen LogP) is 2.85. The molecule has 4 heteroatoms. The maximum Gasteiger partial charge on any atom is 0.220 e. The molecule has 0 radical (unpaired) electrons. The van der Waals surface area contributed by atoms with Crippen molar-refractivity contribution in [1.82, 2.24) is 10.3 Å². The average molecular weight is 272 g/mol. The molecule has 0 aliphatic carbocycles. The molecule has 1 aromatic heterocycles. The first-order chi connectivity index (χ1) is 9.56. The fourth-order valence-corrected chi connectivity index (χ4v) is 2.14. The van der Waals surface area contributed by atoms with E-state index in [1.54, 1.807) is 6.92 Å². The highest BCUT2D eigenvalue weighted by molar-refractivity contribution is 5.76. The SMILES string of the molecule is Cc1nc(C)c(CNC(=O)CCc2ccccc2C)o1. The Balaban J connectivity index is 1.82. The summed E-state index contributed by atoms with van der Waals surface area (Å²) in [5, 5.41) is 2.87. The van der Waals surface area contributed by atoms with Gasteiger partial charge in [-0.25, -0.2) is 4.98 Å². The molecular weight excluding hydrogens is 252 g/mol. The molecule has 1 aromatic carbocycles. The molecule has 1 N–H and O–H groups in total. The van der Waals surface area contributed by atoms with E-state index in [4.69, 9.17) is 4.42 Å². The highest BCUT2D eigenvalue weighted by atomic mass is 16.4. The van der Waals surface area contributed by atoms with Crippen molar-refractivity contribution in [3.05, 3.63) is 52.7 Å². The highest BCUT2D eigenvalue weighted by Crippen LogP contribution is 2.10. The Kier molecular flexibility index (Phi) is 4.56. The standard InChI is InChI=1S/C16H20N2O2/c1-11-6-4-5-7-14(11)8-9-16(19)17-10-15-12(2)18-13(3)20-15/h4-7H,8-10H2,1-3H3,(H,17,19). The van der Waals surface area contributed by atoms with Gasteiger partial charge < -0.3 is 9.73 Å². The van der Waals surface area contributed by atoms with Gasteiger partial charge in [0.05, 0.1) is 12.2 Å². The molecular formula is C16H20N2O2. The van der Waals surface area contributed by atoms with Gasteiger partial charge in [0.1, 0.15) is 5.76 Å². The summed E-state index contributed by atoms with van der Waals surface area (Å²) >= 11 is 0. The van der Waals surface area contributed by atoms with Crippen LogP contribution in [0.1, 0.15) is 34.9 Å². The van der Waals surface area contributed by atoms with Crippen molar-refractivity contribution in [2.24, 2.45) is 0 Å². The Labute approximate surface area is 119 Å². The lowest BCUT2D eigenvalue weighted by atomic mass is 10.0. The summed E-state index contributed by atoms with van der Waals surface area (Å²) in [4.78, 5) is 16.0. The second kappa shape index (κ2) is 6.37.